The smallest absolute Gasteiger partial charge is 0.218 e. The SMILES string of the molecule is CCN(CC)c1ccc(N2CCN(S(=O)(=O)Cc3ccccc3)CC2)nn1. The van der Waals surface area contributed by atoms with Crippen molar-refractivity contribution < 1.29 is 8.42 Å². The molecule has 0 spiro atoms. The summed E-state index contributed by atoms with van der Waals surface area (Å²) in [5, 5.41) is 8.66. The zero-order valence-electron chi connectivity index (χ0n) is 16.0. The van der Waals surface area contributed by atoms with Gasteiger partial charge in [-0.1, -0.05) is 30.3 Å². The van der Waals surface area contributed by atoms with Gasteiger partial charge in [-0.25, -0.2) is 8.42 Å². The molecule has 27 heavy (non-hydrogen) atoms. The van der Waals surface area contributed by atoms with Crippen molar-refractivity contribution in [3.05, 3.63) is 48.0 Å². The van der Waals surface area contributed by atoms with Crippen LogP contribution in [-0.2, 0) is 15.8 Å². The number of aromatic nitrogens is 2. The lowest BCUT2D eigenvalue weighted by Crippen LogP contribution is -2.49. The molecule has 2 heterocycles. The minimum Gasteiger partial charge on any atom is -0.356 e. The number of hydrogen-bond donors (Lipinski definition) is 0. The van der Waals surface area contributed by atoms with E-state index in [9.17, 15) is 8.42 Å². The van der Waals surface area contributed by atoms with E-state index >= 15 is 0 Å². The second-order valence-electron chi connectivity index (χ2n) is 6.55. The molecule has 2 aromatic rings. The lowest BCUT2D eigenvalue weighted by atomic mass is 10.2. The number of anilines is 2. The third-order valence-corrected chi connectivity index (χ3v) is 6.72. The zero-order chi connectivity index (χ0) is 19.3. The monoisotopic (exact) mass is 389 g/mol. The van der Waals surface area contributed by atoms with Crippen molar-refractivity contribution in [1.82, 2.24) is 14.5 Å². The summed E-state index contributed by atoms with van der Waals surface area (Å²) in [6.45, 7) is 8.14. The molecule has 1 aliphatic rings. The molecule has 146 valence electrons. The molecule has 0 unspecified atom stereocenters. The van der Waals surface area contributed by atoms with Gasteiger partial charge in [-0.15, -0.1) is 10.2 Å². The van der Waals surface area contributed by atoms with Crippen LogP contribution in [0.2, 0.25) is 0 Å². The van der Waals surface area contributed by atoms with Crippen LogP contribution < -0.4 is 9.80 Å². The Morgan fingerprint density at radius 2 is 1.59 bits per heavy atom. The van der Waals surface area contributed by atoms with E-state index in [-0.39, 0.29) is 5.75 Å². The molecular weight excluding hydrogens is 362 g/mol. The van der Waals surface area contributed by atoms with E-state index in [1.54, 1.807) is 4.31 Å². The highest BCUT2D eigenvalue weighted by Gasteiger charge is 2.27. The lowest BCUT2D eigenvalue weighted by molar-refractivity contribution is 0.383. The van der Waals surface area contributed by atoms with Crippen LogP contribution in [-0.4, -0.2) is 62.2 Å². The Balaban J connectivity index is 1.60. The van der Waals surface area contributed by atoms with Crippen molar-refractivity contribution in [3.63, 3.8) is 0 Å². The molecule has 1 fully saturated rings. The summed E-state index contributed by atoms with van der Waals surface area (Å²) >= 11 is 0. The first-order chi connectivity index (χ1) is 13.0. The lowest BCUT2D eigenvalue weighted by Gasteiger charge is -2.34. The molecule has 1 saturated heterocycles. The van der Waals surface area contributed by atoms with E-state index in [0.29, 0.717) is 26.2 Å². The second kappa shape index (κ2) is 8.67. The van der Waals surface area contributed by atoms with Gasteiger partial charge in [0.2, 0.25) is 10.0 Å². The van der Waals surface area contributed by atoms with Gasteiger partial charge in [0, 0.05) is 39.3 Å². The maximum atomic E-state index is 12.7. The Kier molecular flexibility index (Phi) is 6.28. The van der Waals surface area contributed by atoms with Gasteiger partial charge in [0.1, 0.15) is 0 Å². The Morgan fingerprint density at radius 3 is 2.15 bits per heavy atom. The first-order valence-corrected chi connectivity index (χ1v) is 11.0. The second-order valence-corrected chi connectivity index (χ2v) is 8.52. The molecule has 0 saturated carbocycles. The number of benzene rings is 1. The number of piperazine rings is 1. The van der Waals surface area contributed by atoms with E-state index in [2.05, 4.69) is 33.8 Å². The van der Waals surface area contributed by atoms with Crippen LogP contribution in [0.4, 0.5) is 11.6 Å². The van der Waals surface area contributed by atoms with Crippen molar-refractivity contribution in [3.8, 4) is 0 Å². The number of nitrogens with zero attached hydrogens (tertiary/aromatic N) is 5. The first kappa shape index (κ1) is 19.6. The Labute approximate surface area is 161 Å². The van der Waals surface area contributed by atoms with Crippen molar-refractivity contribution in [1.29, 1.82) is 0 Å². The van der Waals surface area contributed by atoms with Gasteiger partial charge in [-0.2, -0.15) is 4.31 Å². The summed E-state index contributed by atoms with van der Waals surface area (Å²) in [6.07, 6.45) is 0. The molecule has 0 N–H and O–H groups in total. The van der Waals surface area contributed by atoms with E-state index in [1.807, 2.05) is 42.5 Å². The third kappa shape index (κ3) is 4.75. The molecule has 3 rings (SSSR count). The van der Waals surface area contributed by atoms with E-state index in [4.69, 9.17) is 0 Å². The van der Waals surface area contributed by atoms with Gasteiger partial charge < -0.3 is 9.80 Å². The number of sulfonamides is 1. The molecule has 0 bridgehead atoms. The molecule has 8 heteroatoms. The quantitative estimate of drug-likeness (QED) is 0.721. The van der Waals surface area contributed by atoms with Gasteiger partial charge in [-0.05, 0) is 31.5 Å². The molecule has 1 aromatic carbocycles. The fourth-order valence-electron chi connectivity index (χ4n) is 3.27. The molecule has 0 radical (unpaired) electrons. The minimum absolute atomic E-state index is 0.0478. The van der Waals surface area contributed by atoms with Crippen LogP contribution in [0.25, 0.3) is 0 Å². The molecule has 0 amide bonds. The summed E-state index contributed by atoms with van der Waals surface area (Å²) in [6, 6.07) is 13.3. The van der Waals surface area contributed by atoms with Crippen LogP contribution in [0.3, 0.4) is 0 Å². The molecular formula is C19H27N5O2S. The van der Waals surface area contributed by atoms with Crippen LogP contribution >= 0.6 is 0 Å². The average molecular weight is 390 g/mol. The third-order valence-electron chi connectivity index (χ3n) is 4.87. The van der Waals surface area contributed by atoms with E-state index in [0.717, 1.165) is 30.3 Å². The molecule has 7 nitrogen and oxygen atoms in total. The Hall–Kier alpha value is -2.19. The first-order valence-electron chi connectivity index (χ1n) is 9.39. The predicted octanol–water partition coefficient (Wildman–Crippen LogP) is 1.97. The molecule has 0 atom stereocenters. The van der Waals surface area contributed by atoms with Gasteiger partial charge in [0.25, 0.3) is 0 Å². The van der Waals surface area contributed by atoms with Gasteiger partial charge in [0.05, 0.1) is 5.75 Å². The van der Waals surface area contributed by atoms with Crippen LogP contribution in [0, 0.1) is 0 Å². The fraction of sp³-hybridized carbons (Fsp3) is 0.474. The standard InChI is InChI=1S/C19H27N5O2S/c1-3-22(4-2)18-10-11-19(21-20-18)23-12-14-24(15-13-23)27(25,26)16-17-8-6-5-7-9-17/h5-11H,3-4,12-16H2,1-2H3. The average Bonchev–Trinajstić information content (AvgIpc) is 2.70. The Morgan fingerprint density at radius 1 is 0.926 bits per heavy atom. The molecule has 1 aromatic heterocycles. The minimum atomic E-state index is -3.30. The van der Waals surface area contributed by atoms with Crippen molar-refractivity contribution in [2.45, 2.75) is 19.6 Å². The highest BCUT2D eigenvalue weighted by Crippen LogP contribution is 2.19. The zero-order valence-corrected chi connectivity index (χ0v) is 16.8. The summed E-state index contributed by atoms with van der Waals surface area (Å²) in [4.78, 5) is 4.23. The summed E-state index contributed by atoms with van der Waals surface area (Å²) in [5.41, 5.74) is 0.817. The van der Waals surface area contributed by atoms with Gasteiger partial charge in [-0.3, -0.25) is 0 Å². The highest BCUT2D eigenvalue weighted by atomic mass is 32.2. The highest BCUT2D eigenvalue weighted by molar-refractivity contribution is 7.88. The number of rotatable bonds is 7. The molecule has 0 aliphatic carbocycles. The van der Waals surface area contributed by atoms with E-state index < -0.39 is 10.0 Å². The summed E-state index contributed by atoms with van der Waals surface area (Å²) in [7, 11) is -3.30. The van der Waals surface area contributed by atoms with Crippen LogP contribution in [0.1, 0.15) is 19.4 Å². The normalized spacial score (nSPS) is 15.7. The van der Waals surface area contributed by atoms with Crippen LogP contribution in [0.5, 0.6) is 0 Å². The van der Waals surface area contributed by atoms with Crippen LogP contribution in [0.15, 0.2) is 42.5 Å². The maximum Gasteiger partial charge on any atom is 0.218 e. The van der Waals surface area contributed by atoms with Crippen molar-refractivity contribution >= 4 is 21.7 Å². The summed E-state index contributed by atoms with van der Waals surface area (Å²) < 4.78 is 26.9. The van der Waals surface area contributed by atoms with Crippen molar-refractivity contribution in [2.24, 2.45) is 0 Å². The topological polar surface area (TPSA) is 69.6 Å². The van der Waals surface area contributed by atoms with Crippen molar-refractivity contribution in [2.75, 3.05) is 49.1 Å². The Bertz CT molecular complexity index is 815. The van der Waals surface area contributed by atoms with E-state index in [1.165, 1.54) is 0 Å². The molecule has 1 aliphatic heterocycles. The fourth-order valence-corrected chi connectivity index (χ4v) is 4.79. The predicted molar refractivity (Wildman–Crippen MR) is 108 cm³/mol. The number of hydrogen-bond acceptors (Lipinski definition) is 6. The maximum absolute atomic E-state index is 12.7. The largest absolute Gasteiger partial charge is 0.356 e. The van der Waals surface area contributed by atoms with Gasteiger partial charge >= 0.3 is 0 Å². The van der Waals surface area contributed by atoms with Gasteiger partial charge in [0.15, 0.2) is 11.6 Å². The summed E-state index contributed by atoms with van der Waals surface area (Å²) in [5.74, 6) is 1.71.